The summed E-state index contributed by atoms with van der Waals surface area (Å²) in [5.41, 5.74) is -0.153. The van der Waals surface area contributed by atoms with Crippen LogP contribution < -0.4 is 5.32 Å². The Kier molecular flexibility index (Phi) is 4.45. The maximum atomic E-state index is 12.2. The number of carboxylic acid groups (broad SMARTS) is 1. The number of aromatic carboxylic acids is 1. The van der Waals surface area contributed by atoms with Crippen LogP contribution in [0.5, 0.6) is 0 Å². The van der Waals surface area contributed by atoms with Crippen molar-refractivity contribution in [3.63, 3.8) is 0 Å². The molecule has 3 nitrogen and oxygen atoms in total. The molecular weight excluding hydrogens is 271 g/mol. The van der Waals surface area contributed by atoms with E-state index in [1.807, 2.05) is 0 Å². The molecule has 0 radical (unpaired) electrons. The molecule has 1 rings (SSSR count). The lowest BCUT2D eigenvalue weighted by Crippen LogP contribution is -2.24. The molecule has 2 N–H and O–H groups in total. The fourth-order valence-electron chi connectivity index (χ4n) is 1.53. The molecule has 1 aromatic rings. The second kappa shape index (κ2) is 5.48. The molecule has 0 bridgehead atoms. The molecule has 0 saturated heterocycles. The molecule has 18 heavy (non-hydrogen) atoms. The first-order chi connectivity index (χ1) is 8.20. The third-order valence-corrected chi connectivity index (χ3v) is 2.48. The largest absolute Gasteiger partial charge is 0.478 e. The SMILES string of the molecule is CC(CC(F)(F)F)Nc1cccc(Cl)c1C(=O)O. The first-order valence-corrected chi connectivity index (χ1v) is 5.43. The first kappa shape index (κ1) is 14.6. The third-order valence-electron chi connectivity index (χ3n) is 2.17. The monoisotopic (exact) mass is 281 g/mol. The molecular formula is C11H11ClF3NO2. The lowest BCUT2D eigenvalue weighted by atomic mass is 10.1. The van der Waals surface area contributed by atoms with E-state index in [1.165, 1.54) is 25.1 Å². The van der Waals surface area contributed by atoms with Crippen LogP contribution in [0.25, 0.3) is 0 Å². The molecule has 1 aromatic carbocycles. The number of benzene rings is 1. The second-order valence-electron chi connectivity index (χ2n) is 3.83. The van der Waals surface area contributed by atoms with Gasteiger partial charge in [0.25, 0.3) is 0 Å². The summed E-state index contributed by atoms with van der Waals surface area (Å²) in [5.74, 6) is -1.29. The van der Waals surface area contributed by atoms with Gasteiger partial charge in [0, 0.05) is 6.04 Å². The maximum absolute atomic E-state index is 12.2. The summed E-state index contributed by atoms with van der Waals surface area (Å²) in [7, 11) is 0. The Morgan fingerprint density at radius 1 is 1.50 bits per heavy atom. The lowest BCUT2D eigenvalue weighted by molar-refractivity contribution is -0.136. The van der Waals surface area contributed by atoms with Gasteiger partial charge in [0.15, 0.2) is 0 Å². The van der Waals surface area contributed by atoms with Crippen LogP contribution in [-0.2, 0) is 0 Å². The van der Waals surface area contributed by atoms with Gasteiger partial charge in [-0.3, -0.25) is 0 Å². The molecule has 0 fully saturated rings. The van der Waals surface area contributed by atoms with E-state index in [1.54, 1.807) is 0 Å². The molecule has 7 heteroatoms. The van der Waals surface area contributed by atoms with Gasteiger partial charge < -0.3 is 10.4 Å². The summed E-state index contributed by atoms with van der Waals surface area (Å²) in [4.78, 5) is 11.0. The van der Waals surface area contributed by atoms with Gasteiger partial charge in [-0.2, -0.15) is 13.2 Å². The summed E-state index contributed by atoms with van der Waals surface area (Å²) in [6.07, 6.45) is -5.37. The quantitative estimate of drug-likeness (QED) is 0.883. The van der Waals surface area contributed by atoms with Crippen molar-refractivity contribution in [2.45, 2.75) is 25.6 Å². The molecule has 0 aliphatic heterocycles. The van der Waals surface area contributed by atoms with E-state index in [9.17, 15) is 18.0 Å². The lowest BCUT2D eigenvalue weighted by Gasteiger charge is -2.18. The van der Waals surface area contributed by atoms with Gasteiger partial charge in [0.1, 0.15) is 5.56 Å². The summed E-state index contributed by atoms with van der Waals surface area (Å²) in [5, 5.41) is 11.4. The van der Waals surface area contributed by atoms with Crippen LogP contribution in [0.15, 0.2) is 18.2 Å². The predicted octanol–water partition coefficient (Wildman–Crippen LogP) is 3.79. The van der Waals surface area contributed by atoms with Crippen molar-refractivity contribution < 1.29 is 23.1 Å². The van der Waals surface area contributed by atoms with Crippen molar-refractivity contribution in [2.75, 3.05) is 5.32 Å². The average molecular weight is 282 g/mol. The van der Waals surface area contributed by atoms with E-state index >= 15 is 0 Å². The smallest absolute Gasteiger partial charge is 0.391 e. The van der Waals surface area contributed by atoms with Gasteiger partial charge in [-0.1, -0.05) is 17.7 Å². The Morgan fingerprint density at radius 2 is 2.11 bits per heavy atom. The number of hydrogen-bond donors (Lipinski definition) is 2. The fraction of sp³-hybridized carbons (Fsp3) is 0.364. The normalized spacial score (nSPS) is 13.2. The van der Waals surface area contributed by atoms with Crippen molar-refractivity contribution in [1.29, 1.82) is 0 Å². The number of rotatable bonds is 4. The van der Waals surface area contributed by atoms with Crippen LogP contribution in [-0.4, -0.2) is 23.3 Å². The van der Waals surface area contributed by atoms with Crippen molar-refractivity contribution in [3.05, 3.63) is 28.8 Å². The zero-order chi connectivity index (χ0) is 13.9. The Labute approximate surface area is 107 Å². The topological polar surface area (TPSA) is 49.3 Å². The number of hydrogen-bond acceptors (Lipinski definition) is 2. The van der Waals surface area contributed by atoms with E-state index in [4.69, 9.17) is 16.7 Å². The second-order valence-corrected chi connectivity index (χ2v) is 4.24. The Morgan fingerprint density at radius 3 is 2.61 bits per heavy atom. The van der Waals surface area contributed by atoms with Crippen LogP contribution in [0.2, 0.25) is 5.02 Å². The van der Waals surface area contributed by atoms with E-state index in [-0.39, 0.29) is 16.3 Å². The van der Waals surface area contributed by atoms with Crippen LogP contribution >= 0.6 is 11.6 Å². The molecule has 100 valence electrons. The minimum Gasteiger partial charge on any atom is -0.478 e. The van der Waals surface area contributed by atoms with Crippen molar-refractivity contribution in [3.8, 4) is 0 Å². The molecule has 0 aliphatic rings. The minimum absolute atomic E-state index is 0.0216. The van der Waals surface area contributed by atoms with E-state index < -0.39 is 24.6 Å². The summed E-state index contributed by atoms with van der Waals surface area (Å²) >= 11 is 5.70. The third kappa shape index (κ3) is 4.10. The van der Waals surface area contributed by atoms with Gasteiger partial charge in [-0.15, -0.1) is 0 Å². The van der Waals surface area contributed by atoms with E-state index in [2.05, 4.69) is 5.32 Å². The van der Waals surface area contributed by atoms with Gasteiger partial charge in [-0.25, -0.2) is 4.79 Å². The number of anilines is 1. The highest BCUT2D eigenvalue weighted by molar-refractivity contribution is 6.34. The molecule has 1 atom stereocenters. The van der Waals surface area contributed by atoms with Crippen LogP contribution in [0.1, 0.15) is 23.7 Å². The summed E-state index contributed by atoms with van der Waals surface area (Å²) in [6.45, 7) is 1.32. The molecule has 0 saturated carbocycles. The number of carbonyl (C=O) groups is 1. The van der Waals surface area contributed by atoms with Crippen LogP contribution in [0.3, 0.4) is 0 Å². The zero-order valence-corrected chi connectivity index (χ0v) is 10.1. The van der Waals surface area contributed by atoms with Crippen molar-refractivity contribution in [1.82, 2.24) is 0 Å². The van der Waals surface area contributed by atoms with Gasteiger partial charge in [0.05, 0.1) is 17.1 Å². The zero-order valence-electron chi connectivity index (χ0n) is 9.38. The Balaban J connectivity index is 2.91. The number of halogens is 4. The van der Waals surface area contributed by atoms with Crippen molar-refractivity contribution in [2.24, 2.45) is 0 Å². The predicted molar refractivity (Wildman–Crippen MR) is 62.2 cm³/mol. The molecule has 1 unspecified atom stereocenters. The summed E-state index contributed by atoms with van der Waals surface area (Å²) in [6, 6.07) is 3.27. The fourth-order valence-corrected chi connectivity index (χ4v) is 1.78. The molecule has 0 spiro atoms. The summed E-state index contributed by atoms with van der Waals surface area (Å²) < 4.78 is 36.5. The average Bonchev–Trinajstić information content (AvgIpc) is 2.13. The van der Waals surface area contributed by atoms with E-state index in [0.29, 0.717) is 0 Å². The van der Waals surface area contributed by atoms with Crippen molar-refractivity contribution >= 4 is 23.3 Å². The Hall–Kier alpha value is -1.43. The molecule has 0 aliphatic carbocycles. The minimum atomic E-state index is -4.31. The Bertz CT molecular complexity index is 448. The highest BCUT2D eigenvalue weighted by Gasteiger charge is 2.30. The van der Waals surface area contributed by atoms with Crippen LogP contribution in [0.4, 0.5) is 18.9 Å². The van der Waals surface area contributed by atoms with Crippen LogP contribution in [0, 0.1) is 0 Å². The van der Waals surface area contributed by atoms with E-state index in [0.717, 1.165) is 0 Å². The molecule has 0 heterocycles. The highest BCUT2D eigenvalue weighted by atomic mass is 35.5. The van der Waals surface area contributed by atoms with Gasteiger partial charge in [-0.05, 0) is 19.1 Å². The van der Waals surface area contributed by atoms with Gasteiger partial charge >= 0.3 is 12.1 Å². The number of carboxylic acids is 1. The number of alkyl halides is 3. The highest BCUT2D eigenvalue weighted by Crippen LogP contribution is 2.27. The molecule has 0 aromatic heterocycles. The number of nitrogens with one attached hydrogen (secondary N) is 1. The molecule has 0 amide bonds. The van der Waals surface area contributed by atoms with Gasteiger partial charge in [0.2, 0.25) is 0 Å². The first-order valence-electron chi connectivity index (χ1n) is 5.06. The maximum Gasteiger partial charge on any atom is 0.391 e. The standard InChI is InChI=1S/C11H11ClF3NO2/c1-6(5-11(13,14)15)16-8-4-2-3-7(12)9(8)10(17)18/h2-4,6,16H,5H2,1H3,(H,17,18).